The summed E-state index contributed by atoms with van der Waals surface area (Å²) in [6, 6.07) is 23.7. The summed E-state index contributed by atoms with van der Waals surface area (Å²) in [5, 5.41) is 30.8. The van der Waals surface area contributed by atoms with Crippen molar-refractivity contribution in [2.45, 2.75) is 157 Å². The minimum absolute atomic E-state index is 0.0805. The summed E-state index contributed by atoms with van der Waals surface area (Å²) in [4.78, 5) is 76.8. The molecule has 0 saturated heterocycles. The Morgan fingerprint density at radius 2 is 0.932 bits per heavy atom. The number of carbonyl (C=O) groups excluding carboxylic acids is 6. The number of nitrogens with two attached hydrogens (primary N) is 2. The highest BCUT2D eigenvalue weighted by Gasteiger charge is 2.30. The Morgan fingerprint density at radius 1 is 0.541 bits per heavy atom. The van der Waals surface area contributed by atoms with E-state index in [1.807, 2.05) is 88.4 Å². The summed E-state index contributed by atoms with van der Waals surface area (Å²) in [6.45, 7) is 21.8. The smallest absolute Gasteiger partial charge is 0.408 e. The molecule has 6 atom stereocenters. The van der Waals surface area contributed by atoms with Crippen molar-refractivity contribution in [2.24, 2.45) is 23.3 Å². The number of nitrogens with one attached hydrogen (secondary N) is 4. The summed E-state index contributed by atoms with van der Waals surface area (Å²) < 4.78 is 10.8. The van der Waals surface area contributed by atoms with Gasteiger partial charge in [-0.25, -0.2) is 9.59 Å². The van der Waals surface area contributed by atoms with Crippen molar-refractivity contribution in [3.63, 3.8) is 0 Å². The average Bonchev–Trinajstić information content (AvgIpc) is 3.28. The summed E-state index contributed by atoms with van der Waals surface area (Å²) in [5.41, 5.74) is 18.0. The summed E-state index contributed by atoms with van der Waals surface area (Å²) in [7, 11) is 0. The van der Waals surface area contributed by atoms with E-state index in [1.165, 1.54) is 0 Å². The highest BCUT2D eigenvalue weighted by atomic mass is 16.6. The Bertz CT molecular complexity index is 2460. The van der Waals surface area contributed by atoms with Crippen molar-refractivity contribution in [3.05, 3.63) is 129 Å². The van der Waals surface area contributed by atoms with Gasteiger partial charge in [0, 0.05) is 50.2 Å². The van der Waals surface area contributed by atoms with Crippen LogP contribution >= 0.6 is 0 Å². The number of Topliss-reactive ketones (excluding diaryl/α,β-unsaturated/α-hetero) is 2. The van der Waals surface area contributed by atoms with E-state index < -0.39 is 53.3 Å². The fraction of sp³-hybridized carbons (Fsp3) is 0.483. The van der Waals surface area contributed by atoms with Gasteiger partial charge in [0.25, 0.3) is 0 Å². The first-order chi connectivity index (χ1) is 34.5. The normalized spacial score (nSPS) is 13.8. The number of phenols is 2. The van der Waals surface area contributed by atoms with Gasteiger partial charge in [0.2, 0.25) is 11.8 Å². The summed E-state index contributed by atoms with van der Waals surface area (Å²) in [5.74, 6) is -1.93. The minimum atomic E-state index is -0.957. The molecule has 16 heteroatoms. The van der Waals surface area contributed by atoms with Crippen LogP contribution in [0.1, 0.15) is 113 Å². The molecule has 0 radical (unpaired) electrons. The van der Waals surface area contributed by atoms with Crippen LogP contribution in [0, 0.1) is 39.5 Å². The first-order valence-corrected chi connectivity index (χ1v) is 25.3. The number of hydrogen-bond donors (Lipinski definition) is 8. The molecule has 0 aromatic heterocycles. The Kier molecular flexibility index (Phi) is 23.8. The molecule has 0 heterocycles. The standard InChI is InChI=1S/C34H49N3O7.C24H33N3O3/c1-21-15-26(38)16-22(2)27(21)19-28(37-32(42)44-34(7,8)9)29(39)17-23(3)30(40)35-20-25(18-24-13-11-10-12-14-24)36-31(41)43-33(4,5)6;1-15-9-20(28)10-16(2)21(15)13-22(26)23(29)11-17(3)24(30)27-14-19(25)12-18-7-5-4-6-8-18/h10-16,23,25,28,38H,17-20H2,1-9H3,(H,35,40)(H,36,41)(H,37,42);4-10,17,19,22,28H,11-14,25-26H2,1-3H3,(H,27,30)/t23-,25-,28-;17-,19-,22-/m00/s1. The zero-order chi connectivity index (χ0) is 55.5. The molecule has 74 heavy (non-hydrogen) atoms. The van der Waals surface area contributed by atoms with Gasteiger partial charge in [-0.15, -0.1) is 0 Å². The molecule has 0 bridgehead atoms. The lowest BCUT2D eigenvalue weighted by Crippen LogP contribution is -2.48. The minimum Gasteiger partial charge on any atom is -0.508 e. The highest BCUT2D eigenvalue weighted by molar-refractivity contribution is 5.92. The number of aromatic hydroxyl groups is 2. The molecular formula is C58H82N6O10. The van der Waals surface area contributed by atoms with Crippen LogP contribution in [0.4, 0.5) is 9.59 Å². The molecule has 4 rings (SSSR count). The van der Waals surface area contributed by atoms with Gasteiger partial charge in [-0.3, -0.25) is 19.2 Å². The average molecular weight is 1020 g/mol. The first kappa shape index (κ1) is 61.5. The lowest BCUT2D eigenvalue weighted by atomic mass is 9.91. The van der Waals surface area contributed by atoms with Crippen LogP contribution in [-0.2, 0) is 54.3 Å². The van der Waals surface area contributed by atoms with Crippen molar-refractivity contribution in [2.75, 3.05) is 13.1 Å². The number of rotatable bonds is 22. The van der Waals surface area contributed by atoms with Crippen LogP contribution in [0.3, 0.4) is 0 Å². The van der Waals surface area contributed by atoms with Crippen molar-refractivity contribution in [1.29, 1.82) is 0 Å². The molecule has 10 N–H and O–H groups in total. The molecule has 4 aromatic carbocycles. The molecule has 404 valence electrons. The molecular weight excluding hydrogens is 941 g/mol. The summed E-state index contributed by atoms with van der Waals surface area (Å²) in [6.07, 6.45) is 0.301. The van der Waals surface area contributed by atoms with Gasteiger partial charge in [-0.05, 0) is 157 Å². The zero-order valence-corrected chi connectivity index (χ0v) is 45.5. The number of carbonyl (C=O) groups is 6. The number of amides is 4. The van der Waals surface area contributed by atoms with E-state index in [0.717, 1.165) is 44.5 Å². The monoisotopic (exact) mass is 1020 g/mol. The molecule has 0 aliphatic heterocycles. The van der Waals surface area contributed by atoms with E-state index in [0.29, 0.717) is 25.8 Å². The zero-order valence-electron chi connectivity index (χ0n) is 45.5. The molecule has 4 amide bonds. The topological polar surface area (TPSA) is 261 Å². The Labute approximate surface area is 438 Å². The molecule has 0 saturated carbocycles. The maximum Gasteiger partial charge on any atom is 0.408 e. The third kappa shape index (κ3) is 22.5. The van der Waals surface area contributed by atoms with Crippen molar-refractivity contribution >= 4 is 35.6 Å². The van der Waals surface area contributed by atoms with Gasteiger partial charge in [0.15, 0.2) is 11.6 Å². The van der Waals surface area contributed by atoms with E-state index in [2.05, 4.69) is 21.3 Å². The fourth-order valence-electron chi connectivity index (χ4n) is 8.24. The van der Waals surface area contributed by atoms with Crippen molar-refractivity contribution in [3.8, 4) is 11.5 Å². The van der Waals surface area contributed by atoms with Crippen LogP contribution < -0.4 is 32.7 Å². The van der Waals surface area contributed by atoms with Crippen LogP contribution in [-0.4, -0.2) is 94.2 Å². The predicted molar refractivity (Wildman–Crippen MR) is 289 cm³/mol. The molecule has 0 aliphatic rings. The second-order valence-corrected chi connectivity index (χ2v) is 21.4. The van der Waals surface area contributed by atoms with Gasteiger partial charge in [0.1, 0.15) is 22.7 Å². The third-order valence-electron chi connectivity index (χ3n) is 12.0. The number of ether oxygens (including phenoxy) is 2. The van der Waals surface area contributed by atoms with E-state index in [9.17, 15) is 39.0 Å². The fourth-order valence-corrected chi connectivity index (χ4v) is 8.24. The Balaban J connectivity index is 0.000000419. The van der Waals surface area contributed by atoms with E-state index in [4.69, 9.17) is 20.9 Å². The lowest BCUT2D eigenvalue weighted by Gasteiger charge is -2.25. The third-order valence-corrected chi connectivity index (χ3v) is 12.0. The van der Waals surface area contributed by atoms with Gasteiger partial charge >= 0.3 is 12.2 Å². The van der Waals surface area contributed by atoms with Gasteiger partial charge in [0.05, 0.1) is 18.1 Å². The Hall–Kier alpha value is -6.78. The van der Waals surface area contributed by atoms with Crippen molar-refractivity contribution in [1.82, 2.24) is 21.3 Å². The quantitative estimate of drug-likeness (QED) is 0.0382. The largest absolute Gasteiger partial charge is 0.508 e. The van der Waals surface area contributed by atoms with Crippen LogP contribution in [0.25, 0.3) is 0 Å². The maximum atomic E-state index is 13.5. The van der Waals surface area contributed by atoms with E-state index in [1.54, 1.807) is 79.7 Å². The molecule has 0 aliphatic carbocycles. The molecule has 4 aromatic rings. The van der Waals surface area contributed by atoms with Crippen LogP contribution in [0.5, 0.6) is 11.5 Å². The van der Waals surface area contributed by atoms with Crippen LogP contribution in [0.15, 0.2) is 84.9 Å². The van der Waals surface area contributed by atoms with Gasteiger partial charge in [-0.1, -0.05) is 74.5 Å². The van der Waals surface area contributed by atoms with E-state index in [-0.39, 0.29) is 66.7 Å². The van der Waals surface area contributed by atoms with Gasteiger partial charge < -0.3 is 52.4 Å². The lowest BCUT2D eigenvalue weighted by molar-refractivity contribution is -0.129. The van der Waals surface area contributed by atoms with Gasteiger partial charge in [-0.2, -0.15) is 0 Å². The molecule has 16 nitrogen and oxygen atoms in total. The number of benzene rings is 4. The van der Waals surface area contributed by atoms with E-state index >= 15 is 0 Å². The number of alkyl carbamates (subject to hydrolysis) is 2. The number of hydrogen-bond acceptors (Lipinski definition) is 12. The highest BCUT2D eigenvalue weighted by Crippen LogP contribution is 2.25. The maximum absolute atomic E-state index is 13.5. The SMILES string of the molecule is Cc1cc(O)cc(C)c1C[C@H](N)C(=O)C[C@H](C)C(=O)NC[C@@H](N)Cc1ccccc1.Cc1cc(O)cc(C)c1C[C@H](NC(=O)OC(C)(C)C)C(=O)C[C@H](C)C(=O)NC[C@H](Cc1ccccc1)NC(=O)OC(C)(C)C. The second-order valence-electron chi connectivity index (χ2n) is 21.4. The number of aryl methyl sites for hydroxylation is 4. The molecule has 0 fully saturated rings. The molecule has 0 unspecified atom stereocenters. The predicted octanol–water partition coefficient (Wildman–Crippen LogP) is 7.45. The first-order valence-electron chi connectivity index (χ1n) is 25.3. The second kappa shape index (κ2) is 28.6. The number of phenolic OH excluding ortho intramolecular Hbond substituents is 2. The Morgan fingerprint density at radius 3 is 1.38 bits per heavy atom. The summed E-state index contributed by atoms with van der Waals surface area (Å²) >= 11 is 0. The van der Waals surface area contributed by atoms with Crippen LogP contribution in [0.2, 0.25) is 0 Å². The van der Waals surface area contributed by atoms with Crippen molar-refractivity contribution < 1.29 is 48.5 Å². The molecule has 0 spiro atoms. The number of ketones is 2.